The number of aryl methyl sites for hydroxylation is 1. The third-order valence-corrected chi connectivity index (χ3v) is 5.28. The Morgan fingerprint density at radius 1 is 0.848 bits per heavy atom. The summed E-state index contributed by atoms with van der Waals surface area (Å²) in [5.41, 5.74) is 12.5. The molecule has 5 aromatic rings. The van der Waals surface area contributed by atoms with Crippen molar-refractivity contribution in [3.63, 3.8) is 0 Å². The normalized spacial score (nSPS) is 10.8. The first-order valence-electron chi connectivity index (χ1n) is 10.4. The van der Waals surface area contributed by atoms with Crippen LogP contribution in [0.25, 0.3) is 33.4 Å². The van der Waals surface area contributed by atoms with Crippen LogP contribution in [0.15, 0.2) is 89.5 Å². The number of nitrogen functional groups attached to an aromatic ring is 1. The number of nitrogens with two attached hydrogens (primary N) is 1. The molecule has 3 aromatic carbocycles. The Hall–Kier alpha value is -4.65. The van der Waals surface area contributed by atoms with Crippen LogP contribution in [0.5, 0.6) is 0 Å². The van der Waals surface area contributed by atoms with E-state index in [1.54, 1.807) is 0 Å². The zero-order valence-electron chi connectivity index (χ0n) is 17.9. The van der Waals surface area contributed by atoms with Gasteiger partial charge in [-0.1, -0.05) is 59.8 Å². The lowest BCUT2D eigenvalue weighted by atomic mass is 10.00. The topological polar surface area (TPSA) is 106 Å². The molecule has 0 saturated heterocycles. The summed E-state index contributed by atoms with van der Waals surface area (Å²) in [6, 6.07) is 26.6. The SMILES string of the molecule is Cc1cccc(NC(=O)Nc2ccc(-c3cc(-c4ccccc4)nc4noc(N)c34)cc2)c1. The van der Waals surface area contributed by atoms with Gasteiger partial charge in [0.25, 0.3) is 0 Å². The van der Waals surface area contributed by atoms with Crippen LogP contribution in [0.3, 0.4) is 0 Å². The number of fused-ring (bicyclic) bond motifs is 1. The minimum atomic E-state index is -0.311. The number of pyridine rings is 1. The van der Waals surface area contributed by atoms with E-state index in [4.69, 9.17) is 10.3 Å². The van der Waals surface area contributed by atoms with E-state index in [0.717, 1.165) is 33.6 Å². The molecule has 0 aliphatic carbocycles. The number of nitrogens with one attached hydrogen (secondary N) is 2. The highest BCUT2D eigenvalue weighted by molar-refractivity contribution is 6.02. The number of amides is 2. The molecule has 0 aliphatic rings. The van der Waals surface area contributed by atoms with E-state index >= 15 is 0 Å². The molecule has 4 N–H and O–H groups in total. The van der Waals surface area contributed by atoms with Crippen molar-refractivity contribution in [3.8, 4) is 22.4 Å². The highest BCUT2D eigenvalue weighted by Crippen LogP contribution is 2.35. The van der Waals surface area contributed by atoms with Gasteiger partial charge in [-0.05, 0) is 48.4 Å². The second kappa shape index (κ2) is 8.47. The number of hydrogen-bond donors (Lipinski definition) is 3. The number of anilines is 3. The maximum atomic E-state index is 12.4. The van der Waals surface area contributed by atoms with Crippen LogP contribution < -0.4 is 16.4 Å². The lowest BCUT2D eigenvalue weighted by Gasteiger charge is -2.10. The van der Waals surface area contributed by atoms with E-state index in [0.29, 0.717) is 16.7 Å². The van der Waals surface area contributed by atoms with Gasteiger partial charge in [-0.25, -0.2) is 9.78 Å². The van der Waals surface area contributed by atoms with E-state index < -0.39 is 0 Å². The number of carbonyl (C=O) groups excluding carboxylic acids is 1. The van der Waals surface area contributed by atoms with Gasteiger partial charge in [0.15, 0.2) is 0 Å². The van der Waals surface area contributed by atoms with E-state index in [2.05, 4.69) is 20.8 Å². The quantitative estimate of drug-likeness (QED) is 0.317. The largest absolute Gasteiger partial charge is 0.367 e. The zero-order chi connectivity index (χ0) is 22.8. The Morgan fingerprint density at radius 3 is 2.36 bits per heavy atom. The lowest BCUT2D eigenvalue weighted by Crippen LogP contribution is -2.19. The van der Waals surface area contributed by atoms with Gasteiger partial charge in [-0.15, -0.1) is 0 Å². The van der Waals surface area contributed by atoms with Gasteiger partial charge >= 0.3 is 6.03 Å². The Bertz CT molecular complexity index is 1440. The molecule has 7 nitrogen and oxygen atoms in total. The molecule has 0 atom stereocenters. The molecule has 5 rings (SSSR count). The Kier molecular flexibility index (Phi) is 5.20. The van der Waals surface area contributed by atoms with Crippen molar-refractivity contribution < 1.29 is 9.32 Å². The fourth-order valence-electron chi connectivity index (χ4n) is 3.71. The van der Waals surface area contributed by atoms with Crippen molar-refractivity contribution in [2.24, 2.45) is 0 Å². The summed E-state index contributed by atoms with van der Waals surface area (Å²) in [6.45, 7) is 1.98. The van der Waals surface area contributed by atoms with Crippen molar-refractivity contribution in [2.75, 3.05) is 16.4 Å². The third-order valence-electron chi connectivity index (χ3n) is 5.28. The maximum Gasteiger partial charge on any atom is 0.323 e. The minimum absolute atomic E-state index is 0.215. The Balaban J connectivity index is 1.43. The summed E-state index contributed by atoms with van der Waals surface area (Å²) in [7, 11) is 0. The number of nitrogens with zero attached hydrogens (tertiary/aromatic N) is 2. The highest BCUT2D eigenvalue weighted by atomic mass is 16.5. The number of hydrogen-bond acceptors (Lipinski definition) is 5. The second-order valence-corrected chi connectivity index (χ2v) is 7.69. The van der Waals surface area contributed by atoms with Gasteiger partial charge in [-0.3, -0.25) is 0 Å². The number of rotatable bonds is 4. The van der Waals surface area contributed by atoms with E-state index in [9.17, 15) is 4.79 Å². The predicted molar refractivity (Wildman–Crippen MR) is 131 cm³/mol. The van der Waals surface area contributed by atoms with Gasteiger partial charge in [0.05, 0.1) is 11.1 Å². The smallest absolute Gasteiger partial charge is 0.323 e. The standard InChI is InChI=1S/C26H21N5O2/c1-16-6-5-9-20(14-16)29-26(32)28-19-12-10-17(11-13-19)21-15-22(18-7-3-2-4-8-18)30-25-23(21)24(27)33-31-25/h2-15H,27H2,1H3,(H2,28,29,32). The zero-order valence-corrected chi connectivity index (χ0v) is 17.9. The van der Waals surface area contributed by atoms with Gasteiger partial charge in [0.1, 0.15) is 0 Å². The predicted octanol–water partition coefficient (Wildman–Crippen LogP) is 6.09. The van der Waals surface area contributed by atoms with Gasteiger partial charge in [0, 0.05) is 22.5 Å². The average Bonchev–Trinajstić information content (AvgIpc) is 3.20. The van der Waals surface area contributed by atoms with Crippen LogP contribution in [0, 0.1) is 6.92 Å². The second-order valence-electron chi connectivity index (χ2n) is 7.69. The van der Waals surface area contributed by atoms with Crippen LogP contribution in [-0.4, -0.2) is 16.2 Å². The number of carbonyl (C=O) groups is 1. The molecule has 2 heterocycles. The van der Waals surface area contributed by atoms with E-state index in [-0.39, 0.29) is 11.9 Å². The fraction of sp³-hybridized carbons (Fsp3) is 0.0385. The number of benzene rings is 3. The summed E-state index contributed by atoms with van der Waals surface area (Å²) in [5, 5.41) is 10.4. The number of aromatic nitrogens is 2. The molecular weight excluding hydrogens is 414 g/mol. The van der Waals surface area contributed by atoms with Crippen molar-refractivity contribution in [1.82, 2.24) is 10.1 Å². The van der Waals surface area contributed by atoms with Gasteiger partial charge in [-0.2, -0.15) is 0 Å². The summed E-state index contributed by atoms with van der Waals surface area (Å²) < 4.78 is 5.21. The van der Waals surface area contributed by atoms with Crippen LogP contribution in [0.4, 0.5) is 22.1 Å². The summed E-state index contributed by atoms with van der Waals surface area (Å²) >= 11 is 0. The summed E-state index contributed by atoms with van der Waals surface area (Å²) in [5.74, 6) is 0.215. The van der Waals surface area contributed by atoms with Crippen molar-refractivity contribution in [1.29, 1.82) is 0 Å². The fourth-order valence-corrected chi connectivity index (χ4v) is 3.71. The van der Waals surface area contributed by atoms with Crippen molar-refractivity contribution in [2.45, 2.75) is 6.92 Å². The minimum Gasteiger partial charge on any atom is -0.367 e. The van der Waals surface area contributed by atoms with Crippen LogP contribution in [-0.2, 0) is 0 Å². The molecular formula is C26H21N5O2. The van der Waals surface area contributed by atoms with Crippen molar-refractivity contribution >= 4 is 34.3 Å². The molecule has 0 unspecified atom stereocenters. The van der Waals surface area contributed by atoms with Crippen LogP contribution >= 0.6 is 0 Å². The maximum absolute atomic E-state index is 12.4. The lowest BCUT2D eigenvalue weighted by molar-refractivity contribution is 0.262. The first kappa shape index (κ1) is 20.3. The van der Waals surface area contributed by atoms with Gasteiger partial charge in [0.2, 0.25) is 11.5 Å². The molecule has 0 fully saturated rings. The van der Waals surface area contributed by atoms with Crippen LogP contribution in [0.2, 0.25) is 0 Å². The molecule has 7 heteroatoms. The van der Waals surface area contributed by atoms with Gasteiger partial charge < -0.3 is 20.9 Å². The summed E-state index contributed by atoms with van der Waals surface area (Å²) in [6.07, 6.45) is 0. The first-order valence-corrected chi connectivity index (χ1v) is 10.4. The molecule has 0 radical (unpaired) electrons. The van der Waals surface area contributed by atoms with E-state index in [1.165, 1.54) is 0 Å². The first-order chi connectivity index (χ1) is 16.1. The van der Waals surface area contributed by atoms with Crippen LogP contribution in [0.1, 0.15) is 5.56 Å². The highest BCUT2D eigenvalue weighted by Gasteiger charge is 2.16. The summed E-state index contributed by atoms with van der Waals surface area (Å²) in [4.78, 5) is 17.0. The van der Waals surface area contributed by atoms with Crippen molar-refractivity contribution in [3.05, 3.63) is 90.5 Å². The number of urea groups is 1. The Labute approximate surface area is 190 Å². The molecule has 33 heavy (non-hydrogen) atoms. The molecule has 0 spiro atoms. The monoisotopic (exact) mass is 435 g/mol. The molecule has 0 aliphatic heterocycles. The Morgan fingerprint density at radius 2 is 1.61 bits per heavy atom. The average molecular weight is 435 g/mol. The molecule has 162 valence electrons. The molecule has 0 bridgehead atoms. The van der Waals surface area contributed by atoms with E-state index in [1.807, 2.05) is 91.9 Å². The molecule has 0 saturated carbocycles. The third kappa shape index (κ3) is 4.24. The molecule has 2 aromatic heterocycles. The molecule has 2 amide bonds.